The van der Waals surface area contributed by atoms with Gasteiger partial charge in [-0.3, -0.25) is 0 Å². The topological polar surface area (TPSA) is 33.4 Å². The highest BCUT2D eigenvalue weighted by Crippen LogP contribution is 2.29. The summed E-state index contributed by atoms with van der Waals surface area (Å²) in [5.41, 5.74) is 2.01. The molecule has 0 spiro atoms. The second-order valence-corrected chi connectivity index (χ2v) is 5.21. The van der Waals surface area contributed by atoms with E-state index >= 15 is 0 Å². The zero-order valence-electron chi connectivity index (χ0n) is 9.28. The maximum absolute atomic E-state index is 10.1. The Morgan fingerprint density at radius 3 is 2.76 bits per heavy atom. The lowest BCUT2D eigenvalue weighted by Gasteiger charge is -2.10. The van der Waals surface area contributed by atoms with E-state index in [0.29, 0.717) is 17.2 Å². The molecule has 0 saturated heterocycles. The monoisotopic (exact) mass is 314 g/mol. The molecule has 0 radical (unpaired) electrons. The number of aryl methyl sites for hydroxylation is 1. The summed E-state index contributed by atoms with van der Waals surface area (Å²) in [5, 5.41) is 10.7. The third-order valence-electron chi connectivity index (χ3n) is 2.57. The largest absolute Gasteiger partial charge is 0.465 e. The van der Waals surface area contributed by atoms with Crippen LogP contribution in [0.5, 0.6) is 0 Å². The SMILES string of the molecule is Cc1ccc(CC(O)c2occc2Br)c(Cl)c1. The molecule has 1 aromatic carbocycles. The van der Waals surface area contributed by atoms with Gasteiger partial charge in [0.15, 0.2) is 0 Å². The van der Waals surface area contributed by atoms with Crippen LogP contribution in [0.1, 0.15) is 23.0 Å². The molecule has 2 rings (SSSR count). The minimum Gasteiger partial charge on any atom is -0.465 e. The Balaban J connectivity index is 2.19. The van der Waals surface area contributed by atoms with Crippen LogP contribution >= 0.6 is 27.5 Å². The first kappa shape index (κ1) is 12.7. The van der Waals surface area contributed by atoms with Crippen molar-refractivity contribution >= 4 is 27.5 Å². The Morgan fingerprint density at radius 2 is 2.18 bits per heavy atom. The van der Waals surface area contributed by atoms with Crippen molar-refractivity contribution in [1.82, 2.24) is 0 Å². The third kappa shape index (κ3) is 2.92. The minimum absolute atomic E-state index is 0.436. The highest BCUT2D eigenvalue weighted by atomic mass is 79.9. The molecule has 0 saturated carbocycles. The molecule has 1 N–H and O–H groups in total. The van der Waals surface area contributed by atoms with Gasteiger partial charge in [-0.05, 0) is 46.1 Å². The van der Waals surface area contributed by atoms with Gasteiger partial charge >= 0.3 is 0 Å². The van der Waals surface area contributed by atoms with Crippen molar-refractivity contribution in [3.63, 3.8) is 0 Å². The van der Waals surface area contributed by atoms with Gasteiger partial charge in [-0.1, -0.05) is 23.7 Å². The molecule has 2 aromatic rings. The molecule has 17 heavy (non-hydrogen) atoms. The maximum atomic E-state index is 10.1. The third-order valence-corrected chi connectivity index (χ3v) is 3.58. The molecule has 1 aromatic heterocycles. The van der Waals surface area contributed by atoms with Crippen molar-refractivity contribution in [1.29, 1.82) is 0 Å². The first-order valence-electron chi connectivity index (χ1n) is 5.24. The smallest absolute Gasteiger partial charge is 0.146 e. The minimum atomic E-state index is -0.695. The van der Waals surface area contributed by atoms with Crippen LogP contribution in [0.2, 0.25) is 5.02 Å². The van der Waals surface area contributed by atoms with E-state index in [1.807, 2.05) is 25.1 Å². The number of furan rings is 1. The summed E-state index contributed by atoms with van der Waals surface area (Å²) >= 11 is 9.44. The van der Waals surface area contributed by atoms with Gasteiger partial charge in [-0.15, -0.1) is 0 Å². The summed E-state index contributed by atoms with van der Waals surface area (Å²) in [7, 11) is 0. The molecule has 4 heteroatoms. The van der Waals surface area contributed by atoms with Crippen LogP contribution in [0.3, 0.4) is 0 Å². The molecule has 90 valence electrons. The van der Waals surface area contributed by atoms with Crippen LogP contribution in [0.4, 0.5) is 0 Å². The number of hydrogen-bond acceptors (Lipinski definition) is 2. The van der Waals surface area contributed by atoms with E-state index in [0.717, 1.165) is 15.6 Å². The number of aliphatic hydroxyl groups excluding tert-OH is 1. The predicted molar refractivity (Wildman–Crippen MR) is 71.3 cm³/mol. The van der Waals surface area contributed by atoms with Gasteiger partial charge in [-0.25, -0.2) is 0 Å². The van der Waals surface area contributed by atoms with Crippen LogP contribution in [0.25, 0.3) is 0 Å². The van der Waals surface area contributed by atoms with Gasteiger partial charge in [-0.2, -0.15) is 0 Å². The predicted octanol–water partition coefficient (Wildman–Crippen LogP) is 4.28. The Bertz CT molecular complexity index is 522. The van der Waals surface area contributed by atoms with Gasteiger partial charge in [0.05, 0.1) is 10.7 Å². The second-order valence-electron chi connectivity index (χ2n) is 3.95. The van der Waals surface area contributed by atoms with E-state index in [1.54, 1.807) is 12.3 Å². The fourth-order valence-corrected chi connectivity index (χ4v) is 2.44. The summed E-state index contributed by atoms with van der Waals surface area (Å²) in [4.78, 5) is 0. The molecule has 1 heterocycles. The Hall–Kier alpha value is -0.770. The van der Waals surface area contributed by atoms with Gasteiger partial charge < -0.3 is 9.52 Å². The van der Waals surface area contributed by atoms with E-state index in [9.17, 15) is 5.11 Å². The van der Waals surface area contributed by atoms with Crippen molar-refractivity contribution < 1.29 is 9.52 Å². The van der Waals surface area contributed by atoms with Gasteiger partial charge in [0.1, 0.15) is 11.9 Å². The molecule has 0 aliphatic carbocycles. The summed E-state index contributed by atoms with van der Waals surface area (Å²) in [6, 6.07) is 7.55. The zero-order valence-corrected chi connectivity index (χ0v) is 11.6. The first-order chi connectivity index (χ1) is 8.08. The number of hydrogen-bond donors (Lipinski definition) is 1. The molecule has 0 bridgehead atoms. The van der Waals surface area contributed by atoms with E-state index in [2.05, 4.69) is 15.9 Å². The first-order valence-corrected chi connectivity index (χ1v) is 6.41. The molecule has 0 aliphatic rings. The summed E-state index contributed by atoms with van der Waals surface area (Å²) in [6.07, 6.45) is 1.28. The molecular formula is C13H12BrClO2. The maximum Gasteiger partial charge on any atom is 0.146 e. The Morgan fingerprint density at radius 1 is 1.41 bits per heavy atom. The standard InChI is InChI=1S/C13H12BrClO2/c1-8-2-3-9(11(15)6-8)7-12(16)13-10(14)4-5-17-13/h2-6,12,16H,7H2,1H3. The summed E-state index contributed by atoms with van der Waals surface area (Å²) in [6.45, 7) is 1.98. The number of rotatable bonds is 3. The highest BCUT2D eigenvalue weighted by molar-refractivity contribution is 9.10. The van der Waals surface area contributed by atoms with Crippen LogP contribution < -0.4 is 0 Å². The van der Waals surface area contributed by atoms with Crippen LogP contribution in [0.15, 0.2) is 39.4 Å². The lowest BCUT2D eigenvalue weighted by atomic mass is 10.0. The van der Waals surface area contributed by atoms with Gasteiger partial charge in [0.25, 0.3) is 0 Å². The average Bonchev–Trinajstić information content (AvgIpc) is 2.68. The molecule has 0 amide bonds. The Labute approximate surface area is 113 Å². The quantitative estimate of drug-likeness (QED) is 0.917. The van der Waals surface area contributed by atoms with E-state index in [-0.39, 0.29) is 0 Å². The van der Waals surface area contributed by atoms with Crippen molar-refractivity contribution in [3.8, 4) is 0 Å². The molecule has 0 fully saturated rings. The second kappa shape index (κ2) is 5.25. The van der Waals surface area contributed by atoms with Gasteiger partial charge in [0, 0.05) is 11.4 Å². The van der Waals surface area contributed by atoms with E-state index < -0.39 is 6.10 Å². The zero-order chi connectivity index (χ0) is 12.4. The fraction of sp³-hybridized carbons (Fsp3) is 0.231. The molecule has 0 aliphatic heterocycles. The van der Waals surface area contributed by atoms with Crippen molar-refractivity contribution in [2.24, 2.45) is 0 Å². The highest BCUT2D eigenvalue weighted by Gasteiger charge is 2.16. The summed E-state index contributed by atoms with van der Waals surface area (Å²) < 4.78 is 5.99. The lowest BCUT2D eigenvalue weighted by molar-refractivity contribution is 0.149. The molecule has 1 atom stereocenters. The summed E-state index contributed by atoms with van der Waals surface area (Å²) in [5.74, 6) is 0.529. The number of halogens is 2. The van der Waals surface area contributed by atoms with Gasteiger partial charge in [0.2, 0.25) is 0 Å². The van der Waals surface area contributed by atoms with E-state index in [4.69, 9.17) is 16.0 Å². The van der Waals surface area contributed by atoms with Crippen molar-refractivity contribution in [3.05, 3.63) is 56.9 Å². The van der Waals surface area contributed by atoms with E-state index in [1.165, 1.54) is 0 Å². The Kier molecular flexibility index (Phi) is 3.92. The molecular weight excluding hydrogens is 303 g/mol. The van der Waals surface area contributed by atoms with Crippen LogP contribution in [0, 0.1) is 6.92 Å². The van der Waals surface area contributed by atoms with Crippen LogP contribution in [-0.4, -0.2) is 5.11 Å². The normalized spacial score (nSPS) is 12.7. The molecule has 2 nitrogen and oxygen atoms in total. The van der Waals surface area contributed by atoms with Crippen molar-refractivity contribution in [2.75, 3.05) is 0 Å². The lowest BCUT2D eigenvalue weighted by Crippen LogP contribution is -2.01. The number of benzene rings is 1. The van der Waals surface area contributed by atoms with Crippen LogP contribution in [-0.2, 0) is 6.42 Å². The van der Waals surface area contributed by atoms with Crippen molar-refractivity contribution in [2.45, 2.75) is 19.4 Å². The molecule has 1 unspecified atom stereocenters. The fourth-order valence-electron chi connectivity index (χ4n) is 1.66. The average molecular weight is 316 g/mol. The number of aliphatic hydroxyl groups is 1.